The van der Waals surface area contributed by atoms with Crippen LogP contribution in [0.5, 0.6) is 17.2 Å². The minimum absolute atomic E-state index is 0.0326. The number of benzene rings is 2. The van der Waals surface area contributed by atoms with E-state index in [1.807, 2.05) is 24.3 Å². The second kappa shape index (κ2) is 8.90. The zero-order valence-corrected chi connectivity index (χ0v) is 16.8. The van der Waals surface area contributed by atoms with Crippen LogP contribution in [0, 0.1) is 5.92 Å². The van der Waals surface area contributed by atoms with E-state index in [0.717, 1.165) is 11.3 Å². The zero-order valence-electron chi connectivity index (χ0n) is 16.8. The van der Waals surface area contributed by atoms with E-state index in [1.54, 1.807) is 42.4 Å². The average Bonchev–Trinajstić information content (AvgIpc) is 3.26. The summed E-state index contributed by atoms with van der Waals surface area (Å²) in [5.74, 6) is 1.90. The molecule has 30 heavy (non-hydrogen) atoms. The topological polar surface area (TPSA) is 77.1 Å². The quantitative estimate of drug-likeness (QED) is 0.768. The summed E-state index contributed by atoms with van der Waals surface area (Å²) < 4.78 is 15.8. The third-order valence-electron chi connectivity index (χ3n) is 5.35. The van der Waals surface area contributed by atoms with Crippen LogP contribution in [0.15, 0.2) is 48.5 Å². The van der Waals surface area contributed by atoms with Crippen LogP contribution in [0.2, 0.25) is 0 Å². The van der Waals surface area contributed by atoms with E-state index < -0.39 is 0 Å². The first-order valence-electron chi connectivity index (χ1n) is 9.94. The molecule has 7 nitrogen and oxygen atoms in total. The molecule has 0 bridgehead atoms. The summed E-state index contributed by atoms with van der Waals surface area (Å²) in [5, 5.41) is 2.94. The molecule has 156 valence electrons. The number of nitrogens with one attached hydrogen (secondary N) is 1. The van der Waals surface area contributed by atoms with Crippen molar-refractivity contribution in [2.24, 2.45) is 5.92 Å². The van der Waals surface area contributed by atoms with Gasteiger partial charge in [0.05, 0.1) is 7.11 Å². The van der Waals surface area contributed by atoms with Gasteiger partial charge in [-0.1, -0.05) is 12.1 Å². The second-order valence-electron chi connectivity index (χ2n) is 7.26. The van der Waals surface area contributed by atoms with Crippen molar-refractivity contribution in [3.63, 3.8) is 0 Å². The molecule has 2 aliphatic heterocycles. The van der Waals surface area contributed by atoms with E-state index in [9.17, 15) is 9.59 Å². The van der Waals surface area contributed by atoms with Gasteiger partial charge in [0.15, 0.2) is 11.5 Å². The third-order valence-corrected chi connectivity index (χ3v) is 5.35. The third kappa shape index (κ3) is 4.56. The molecule has 1 fully saturated rings. The van der Waals surface area contributed by atoms with Crippen LogP contribution in [-0.2, 0) is 9.59 Å². The summed E-state index contributed by atoms with van der Waals surface area (Å²) in [4.78, 5) is 26.8. The van der Waals surface area contributed by atoms with Gasteiger partial charge in [-0.05, 0) is 48.7 Å². The summed E-state index contributed by atoms with van der Waals surface area (Å²) in [6, 6.07) is 12.9. The molecule has 0 saturated carbocycles. The predicted molar refractivity (Wildman–Crippen MR) is 113 cm³/mol. The molecular formula is C23H24N2O5. The van der Waals surface area contributed by atoms with E-state index in [-0.39, 0.29) is 24.5 Å². The van der Waals surface area contributed by atoms with Gasteiger partial charge >= 0.3 is 0 Å². The fraction of sp³-hybridized carbons (Fsp3) is 0.304. The Morgan fingerprint density at radius 2 is 1.80 bits per heavy atom. The van der Waals surface area contributed by atoms with Crippen molar-refractivity contribution >= 4 is 23.6 Å². The minimum atomic E-state index is -0.120. The lowest BCUT2D eigenvalue weighted by Gasteiger charge is -2.30. The molecule has 0 radical (unpaired) electrons. The number of fused-ring (bicyclic) bond motifs is 1. The van der Waals surface area contributed by atoms with Gasteiger partial charge in [0.25, 0.3) is 0 Å². The number of hydrogen-bond donors (Lipinski definition) is 1. The van der Waals surface area contributed by atoms with Crippen molar-refractivity contribution in [2.45, 2.75) is 12.8 Å². The number of likely N-dealkylation sites (tertiary alicyclic amines) is 1. The first kappa shape index (κ1) is 19.8. The van der Waals surface area contributed by atoms with E-state index in [0.29, 0.717) is 43.1 Å². The number of carbonyl (C=O) groups excluding carboxylic acids is 2. The van der Waals surface area contributed by atoms with Crippen LogP contribution in [0.4, 0.5) is 5.69 Å². The van der Waals surface area contributed by atoms with Crippen LogP contribution in [0.3, 0.4) is 0 Å². The van der Waals surface area contributed by atoms with Gasteiger partial charge in [0.1, 0.15) is 5.75 Å². The molecule has 0 unspecified atom stereocenters. The summed E-state index contributed by atoms with van der Waals surface area (Å²) >= 11 is 0. The highest BCUT2D eigenvalue weighted by Gasteiger charge is 2.27. The highest BCUT2D eigenvalue weighted by molar-refractivity contribution is 5.94. The Bertz CT molecular complexity index is 947. The first-order valence-corrected chi connectivity index (χ1v) is 9.94. The smallest absolute Gasteiger partial charge is 0.246 e. The summed E-state index contributed by atoms with van der Waals surface area (Å²) in [5.41, 5.74) is 1.62. The molecule has 0 aromatic heterocycles. The van der Waals surface area contributed by atoms with Gasteiger partial charge in [0.2, 0.25) is 18.6 Å². The first-order chi connectivity index (χ1) is 14.6. The monoisotopic (exact) mass is 408 g/mol. The Morgan fingerprint density at radius 3 is 2.53 bits per heavy atom. The number of anilines is 1. The number of methoxy groups -OCH3 is 1. The molecule has 1 saturated heterocycles. The Labute approximate surface area is 175 Å². The molecular weight excluding hydrogens is 384 g/mol. The predicted octanol–water partition coefficient (Wildman–Crippen LogP) is 3.31. The maximum absolute atomic E-state index is 12.6. The SMILES string of the molecule is COc1ccc(C=CC(=O)N2CCC(C(=O)Nc3ccc4c(c3)OCO4)CC2)cc1. The Kier molecular flexibility index (Phi) is 5.88. The standard InChI is InChI=1S/C23H24N2O5/c1-28-19-6-2-16(3-7-19)4-9-22(26)25-12-10-17(11-13-25)23(27)24-18-5-8-20-21(14-18)30-15-29-20/h2-9,14,17H,10-13,15H2,1H3,(H,24,27). The van der Waals surface area contributed by atoms with Crippen molar-refractivity contribution in [2.75, 3.05) is 32.3 Å². The highest BCUT2D eigenvalue weighted by atomic mass is 16.7. The lowest BCUT2D eigenvalue weighted by atomic mass is 9.95. The highest BCUT2D eigenvalue weighted by Crippen LogP contribution is 2.34. The van der Waals surface area contributed by atoms with Gasteiger partial charge < -0.3 is 24.4 Å². The number of hydrogen-bond acceptors (Lipinski definition) is 5. The number of amides is 2. The van der Waals surface area contributed by atoms with Crippen LogP contribution >= 0.6 is 0 Å². The molecule has 2 amide bonds. The van der Waals surface area contributed by atoms with E-state index in [4.69, 9.17) is 14.2 Å². The summed E-state index contributed by atoms with van der Waals surface area (Å²) in [7, 11) is 1.62. The fourth-order valence-electron chi connectivity index (χ4n) is 3.57. The molecule has 1 N–H and O–H groups in total. The van der Waals surface area contributed by atoms with Crippen molar-refractivity contribution in [3.8, 4) is 17.2 Å². The van der Waals surface area contributed by atoms with E-state index in [2.05, 4.69) is 5.32 Å². The van der Waals surface area contributed by atoms with Crippen LogP contribution in [-0.4, -0.2) is 43.7 Å². The maximum Gasteiger partial charge on any atom is 0.246 e. The average molecular weight is 408 g/mol. The molecule has 2 aliphatic rings. The molecule has 2 aromatic rings. The Morgan fingerprint density at radius 1 is 1.07 bits per heavy atom. The molecule has 0 aliphatic carbocycles. The van der Waals surface area contributed by atoms with E-state index in [1.165, 1.54) is 0 Å². The van der Waals surface area contributed by atoms with Crippen LogP contribution < -0.4 is 19.5 Å². The zero-order chi connectivity index (χ0) is 20.9. The number of nitrogens with zero attached hydrogens (tertiary/aromatic N) is 1. The van der Waals surface area contributed by atoms with Gasteiger partial charge in [-0.25, -0.2) is 0 Å². The lowest BCUT2D eigenvalue weighted by Crippen LogP contribution is -2.40. The molecule has 2 aromatic carbocycles. The number of rotatable bonds is 5. The molecule has 2 heterocycles. The maximum atomic E-state index is 12.6. The fourth-order valence-corrected chi connectivity index (χ4v) is 3.57. The number of carbonyl (C=O) groups is 2. The van der Waals surface area contributed by atoms with Crippen molar-refractivity contribution < 1.29 is 23.8 Å². The summed E-state index contributed by atoms with van der Waals surface area (Å²) in [6.45, 7) is 1.32. The van der Waals surface area contributed by atoms with Gasteiger partial charge in [-0.15, -0.1) is 0 Å². The lowest BCUT2D eigenvalue weighted by molar-refractivity contribution is -0.130. The van der Waals surface area contributed by atoms with E-state index >= 15 is 0 Å². The second-order valence-corrected chi connectivity index (χ2v) is 7.26. The van der Waals surface area contributed by atoms with Crippen molar-refractivity contribution in [1.82, 2.24) is 4.90 Å². The Balaban J connectivity index is 1.27. The van der Waals surface area contributed by atoms with Crippen LogP contribution in [0.25, 0.3) is 6.08 Å². The largest absolute Gasteiger partial charge is 0.497 e. The van der Waals surface area contributed by atoms with Gasteiger partial charge in [-0.2, -0.15) is 0 Å². The Hall–Kier alpha value is -3.48. The molecule has 7 heteroatoms. The molecule has 0 spiro atoms. The number of piperidine rings is 1. The minimum Gasteiger partial charge on any atom is -0.497 e. The van der Waals surface area contributed by atoms with Gasteiger partial charge in [-0.3, -0.25) is 9.59 Å². The number of ether oxygens (including phenoxy) is 3. The van der Waals surface area contributed by atoms with Gasteiger partial charge in [0, 0.05) is 36.8 Å². The van der Waals surface area contributed by atoms with Crippen molar-refractivity contribution in [3.05, 3.63) is 54.1 Å². The summed E-state index contributed by atoms with van der Waals surface area (Å²) in [6.07, 6.45) is 4.64. The van der Waals surface area contributed by atoms with Crippen molar-refractivity contribution in [1.29, 1.82) is 0 Å². The molecule has 0 atom stereocenters. The normalized spacial score (nSPS) is 16.0. The van der Waals surface area contributed by atoms with Crippen LogP contribution in [0.1, 0.15) is 18.4 Å². The molecule has 4 rings (SSSR count).